The van der Waals surface area contributed by atoms with Crippen LogP contribution in [0.3, 0.4) is 0 Å². The molecule has 3 nitrogen and oxygen atoms in total. The molecule has 9 aromatic rings. The van der Waals surface area contributed by atoms with Crippen molar-refractivity contribution >= 4 is 97.0 Å². The maximum Gasteiger partial charge on any atom is 0.266 e. The SMILES string of the molecule is CC(C)c1cccc(C(C)C)c1-n1c(=O)c2ccc3c4ccc5sc6cc(Cl)ccc6c6ccc(c7ccc(c1=O)c2c37)c4c56. The van der Waals surface area contributed by atoms with Gasteiger partial charge in [0, 0.05) is 36.0 Å². The summed E-state index contributed by atoms with van der Waals surface area (Å²) >= 11 is 8.13. The summed E-state index contributed by atoms with van der Waals surface area (Å²) in [5.74, 6) is 0.300. The number of nitrogens with zero attached hydrogens (tertiary/aromatic N) is 1. The number of aromatic nitrogens is 1. The summed E-state index contributed by atoms with van der Waals surface area (Å²) in [6, 6.07) is 29.1. The third kappa shape index (κ3) is 3.47. The molecule has 0 fully saturated rings. The van der Waals surface area contributed by atoms with Gasteiger partial charge in [0.15, 0.2) is 0 Å². The van der Waals surface area contributed by atoms with Gasteiger partial charge in [-0.2, -0.15) is 0 Å². The first-order valence-electron chi connectivity index (χ1n) is 15.4. The molecule has 7 aromatic carbocycles. The standard InChI is InChI=1S/C40H28ClNO2S/c1-19(2)22-6-5-7-23(20(3)4)38(22)42-39(43)30-14-12-26-28-11-10-25-24-9-8-21(41)18-33(24)45-32-17-16-29(35(28)37(25)32)27-13-15-31(40(42)44)36(30)34(26)27/h5-20H,1-4H3. The van der Waals surface area contributed by atoms with Crippen molar-refractivity contribution in [3.63, 3.8) is 0 Å². The molecule has 2 aromatic heterocycles. The smallest absolute Gasteiger partial charge is 0.266 e. The van der Waals surface area contributed by atoms with Gasteiger partial charge in [0.1, 0.15) is 0 Å². The van der Waals surface area contributed by atoms with E-state index in [4.69, 9.17) is 11.6 Å². The van der Waals surface area contributed by atoms with E-state index < -0.39 is 0 Å². The van der Waals surface area contributed by atoms with E-state index in [9.17, 15) is 9.59 Å². The second kappa shape index (κ2) is 9.26. The predicted octanol–water partition coefficient (Wildman–Crippen LogP) is 11.1. The maximum atomic E-state index is 14.5. The van der Waals surface area contributed by atoms with Gasteiger partial charge in [0.25, 0.3) is 11.1 Å². The van der Waals surface area contributed by atoms with E-state index in [2.05, 4.69) is 70.2 Å². The van der Waals surface area contributed by atoms with E-state index in [-0.39, 0.29) is 23.0 Å². The van der Waals surface area contributed by atoms with E-state index >= 15 is 0 Å². The van der Waals surface area contributed by atoms with Crippen LogP contribution in [0.1, 0.15) is 50.7 Å². The molecular weight excluding hydrogens is 594 g/mol. The molecule has 2 heterocycles. The largest absolute Gasteiger partial charge is 0.268 e. The number of hydrogen-bond acceptors (Lipinski definition) is 3. The van der Waals surface area contributed by atoms with Crippen molar-refractivity contribution in [2.45, 2.75) is 39.5 Å². The molecular formula is C40H28ClNO2S. The number of pyridine rings is 1. The highest BCUT2D eigenvalue weighted by Crippen LogP contribution is 2.47. The fourth-order valence-corrected chi connectivity index (χ4v) is 9.15. The zero-order valence-electron chi connectivity index (χ0n) is 25.3. The molecule has 0 unspecified atom stereocenters. The van der Waals surface area contributed by atoms with Crippen LogP contribution in [-0.2, 0) is 0 Å². The van der Waals surface area contributed by atoms with Crippen LogP contribution in [0.25, 0.3) is 79.7 Å². The number of halogens is 1. The first-order valence-corrected chi connectivity index (χ1v) is 16.6. The molecule has 9 rings (SSSR count). The van der Waals surface area contributed by atoms with E-state index in [1.807, 2.05) is 42.5 Å². The van der Waals surface area contributed by atoms with Gasteiger partial charge in [-0.05, 0) is 96.4 Å². The molecule has 0 aliphatic heterocycles. The second-order valence-electron chi connectivity index (χ2n) is 12.9. The van der Waals surface area contributed by atoms with Crippen molar-refractivity contribution in [1.82, 2.24) is 4.57 Å². The Hall–Kier alpha value is -4.51. The van der Waals surface area contributed by atoms with Crippen LogP contribution in [0.2, 0.25) is 5.02 Å². The molecule has 0 saturated heterocycles. The monoisotopic (exact) mass is 621 g/mol. The Morgan fingerprint density at radius 3 is 1.53 bits per heavy atom. The fourth-order valence-electron chi connectivity index (χ4n) is 7.75. The average Bonchev–Trinajstić information content (AvgIpc) is 3.03. The average molecular weight is 622 g/mol. The highest BCUT2D eigenvalue weighted by Gasteiger charge is 2.24. The highest BCUT2D eigenvalue weighted by atomic mass is 35.5. The van der Waals surface area contributed by atoms with Crippen molar-refractivity contribution in [3.8, 4) is 5.69 Å². The van der Waals surface area contributed by atoms with Crippen LogP contribution >= 0.6 is 22.9 Å². The minimum atomic E-state index is -0.256. The van der Waals surface area contributed by atoms with Gasteiger partial charge in [-0.3, -0.25) is 9.59 Å². The van der Waals surface area contributed by atoms with Crippen LogP contribution in [0, 0.1) is 0 Å². The number of benzene rings is 7. The number of fused-ring (bicyclic) bond motifs is 4. The third-order valence-electron chi connectivity index (χ3n) is 9.75. The molecule has 0 aliphatic rings. The zero-order valence-corrected chi connectivity index (χ0v) is 26.9. The molecule has 0 spiro atoms. The van der Waals surface area contributed by atoms with Crippen LogP contribution < -0.4 is 11.1 Å². The molecule has 0 atom stereocenters. The van der Waals surface area contributed by atoms with Gasteiger partial charge in [-0.25, -0.2) is 4.57 Å². The summed E-state index contributed by atoms with van der Waals surface area (Å²) in [5, 5.41) is 12.9. The Balaban J connectivity index is 1.46. The van der Waals surface area contributed by atoms with Crippen LogP contribution in [-0.4, -0.2) is 4.57 Å². The van der Waals surface area contributed by atoms with Crippen molar-refractivity contribution in [2.24, 2.45) is 0 Å². The Morgan fingerprint density at radius 1 is 0.533 bits per heavy atom. The number of para-hydroxylation sites is 1. The topological polar surface area (TPSA) is 39.1 Å². The van der Waals surface area contributed by atoms with Gasteiger partial charge in [-0.15, -0.1) is 11.3 Å². The normalized spacial score (nSPS) is 12.7. The summed E-state index contributed by atoms with van der Waals surface area (Å²) < 4.78 is 3.82. The highest BCUT2D eigenvalue weighted by molar-refractivity contribution is 7.25. The van der Waals surface area contributed by atoms with Crippen LogP contribution in [0.15, 0.2) is 94.5 Å². The minimum absolute atomic E-state index is 0.150. The summed E-state index contributed by atoms with van der Waals surface area (Å²) in [5.41, 5.74) is 2.24. The third-order valence-corrected chi connectivity index (χ3v) is 11.1. The summed E-state index contributed by atoms with van der Waals surface area (Å²) in [4.78, 5) is 29.0. The van der Waals surface area contributed by atoms with Crippen molar-refractivity contribution in [1.29, 1.82) is 0 Å². The lowest BCUT2D eigenvalue weighted by Gasteiger charge is -2.22. The van der Waals surface area contributed by atoms with Gasteiger partial charge in [0.2, 0.25) is 0 Å². The molecule has 5 heteroatoms. The lowest BCUT2D eigenvalue weighted by Crippen LogP contribution is -2.33. The zero-order chi connectivity index (χ0) is 30.9. The van der Waals surface area contributed by atoms with E-state index in [0.29, 0.717) is 10.8 Å². The molecule has 218 valence electrons. The Kier molecular flexibility index (Phi) is 5.53. The maximum absolute atomic E-state index is 14.5. The van der Waals surface area contributed by atoms with Gasteiger partial charge in [0.05, 0.1) is 5.69 Å². The molecule has 0 amide bonds. The fraction of sp³-hybridized carbons (Fsp3) is 0.150. The van der Waals surface area contributed by atoms with Crippen molar-refractivity contribution < 1.29 is 0 Å². The summed E-state index contributed by atoms with van der Waals surface area (Å²) in [6.07, 6.45) is 0. The second-order valence-corrected chi connectivity index (χ2v) is 14.4. The lowest BCUT2D eigenvalue weighted by molar-refractivity contribution is 0.793. The summed E-state index contributed by atoms with van der Waals surface area (Å²) in [7, 11) is 0. The lowest BCUT2D eigenvalue weighted by atomic mass is 9.86. The van der Waals surface area contributed by atoms with Gasteiger partial charge >= 0.3 is 0 Å². The van der Waals surface area contributed by atoms with E-state index in [1.54, 1.807) is 11.3 Å². The number of hydrogen-bond donors (Lipinski definition) is 0. The minimum Gasteiger partial charge on any atom is -0.268 e. The van der Waals surface area contributed by atoms with Crippen LogP contribution in [0.4, 0.5) is 0 Å². The van der Waals surface area contributed by atoms with Crippen molar-refractivity contribution in [3.05, 3.63) is 122 Å². The van der Waals surface area contributed by atoms with Crippen molar-refractivity contribution in [2.75, 3.05) is 0 Å². The predicted molar refractivity (Wildman–Crippen MR) is 194 cm³/mol. The molecule has 0 radical (unpaired) electrons. The van der Waals surface area contributed by atoms with Gasteiger partial charge in [-0.1, -0.05) is 93.9 Å². The molecule has 0 bridgehead atoms. The molecule has 0 N–H and O–H groups in total. The molecule has 0 saturated carbocycles. The number of rotatable bonds is 3. The Morgan fingerprint density at radius 2 is 0.978 bits per heavy atom. The van der Waals surface area contributed by atoms with E-state index in [1.165, 1.54) is 30.8 Å². The quantitative estimate of drug-likeness (QED) is 0.145. The van der Waals surface area contributed by atoms with E-state index in [0.717, 1.165) is 58.9 Å². The van der Waals surface area contributed by atoms with Crippen LogP contribution in [0.5, 0.6) is 0 Å². The van der Waals surface area contributed by atoms with Gasteiger partial charge < -0.3 is 0 Å². The molecule has 45 heavy (non-hydrogen) atoms. The molecule has 0 aliphatic carbocycles. The first-order chi connectivity index (χ1) is 21.7. The first kappa shape index (κ1) is 26.9. The Bertz CT molecular complexity index is 2720. The Labute approximate surface area is 267 Å². The summed E-state index contributed by atoms with van der Waals surface area (Å²) in [6.45, 7) is 8.45.